The fourth-order valence-electron chi connectivity index (χ4n) is 9.38. The largest absolute Gasteiger partial charge is 0.507 e. The lowest BCUT2D eigenvalue weighted by Gasteiger charge is -2.27. The second-order valence-corrected chi connectivity index (χ2v) is 19.2. The predicted molar refractivity (Wildman–Crippen MR) is 270 cm³/mol. The predicted octanol–water partition coefficient (Wildman–Crippen LogP) is 16.1. The molecule has 0 aliphatic heterocycles. The number of para-hydroxylation sites is 2. The minimum absolute atomic E-state index is 0.187. The monoisotopic (exact) mass is 843 g/mol. The van der Waals surface area contributed by atoms with Crippen molar-refractivity contribution in [3.63, 3.8) is 0 Å². The molecule has 0 saturated heterocycles. The number of imidazole rings is 1. The minimum atomic E-state index is -0.328. The zero-order chi connectivity index (χ0) is 44.6. The van der Waals surface area contributed by atoms with Crippen LogP contribution in [-0.4, -0.2) is 19.6 Å². The van der Waals surface area contributed by atoms with Gasteiger partial charge < -0.3 is 9.52 Å². The average molecular weight is 844 g/mol. The smallest absolute Gasteiger partial charge is 0.149 e. The lowest BCUT2D eigenvalue weighted by Crippen LogP contribution is -2.17. The van der Waals surface area contributed by atoms with Crippen molar-refractivity contribution in [1.29, 1.82) is 0 Å². The Morgan fingerprint density at radius 2 is 1.18 bits per heavy atom. The number of pyridine rings is 1. The van der Waals surface area contributed by atoms with Crippen LogP contribution >= 0.6 is 0 Å². The van der Waals surface area contributed by atoms with Gasteiger partial charge in [0.15, 0.2) is 0 Å². The molecule has 11 aromatic rings. The number of furan rings is 1. The van der Waals surface area contributed by atoms with Crippen LogP contribution < -0.4 is 0 Å². The van der Waals surface area contributed by atoms with Crippen molar-refractivity contribution in [2.24, 2.45) is 0 Å². The van der Waals surface area contributed by atoms with Crippen LogP contribution in [0.25, 0.3) is 105 Å². The Morgan fingerprint density at radius 1 is 0.508 bits per heavy atom. The number of nitrogens with zero attached hydrogens (tertiary/aromatic N) is 3. The summed E-state index contributed by atoms with van der Waals surface area (Å²) in [4.78, 5) is 10.8. The summed E-state index contributed by atoms with van der Waals surface area (Å²) < 4.78 is 8.90. The highest BCUT2D eigenvalue weighted by Crippen LogP contribution is 2.46. The molecular formula is C60H49N3O2. The van der Waals surface area contributed by atoms with E-state index in [1.54, 1.807) is 0 Å². The van der Waals surface area contributed by atoms with Gasteiger partial charge in [0.25, 0.3) is 0 Å². The molecule has 0 bridgehead atoms. The topological polar surface area (TPSA) is 64.1 Å². The molecule has 3 aromatic heterocycles. The van der Waals surface area contributed by atoms with Crippen LogP contribution in [-0.2, 0) is 10.8 Å². The molecule has 0 aliphatic rings. The number of aromatic hydroxyl groups is 1. The number of hydrogen-bond acceptors (Lipinski definition) is 4. The highest BCUT2D eigenvalue weighted by molar-refractivity contribution is 6.15. The summed E-state index contributed by atoms with van der Waals surface area (Å²) in [5, 5.41) is 16.7. The third-order valence-corrected chi connectivity index (χ3v) is 12.8. The summed E-state index contributed by atoms with van der Waals surface area (Å²) in [5.41, 5.74) is 14.7. The van der Waals surface area contributed by atoms with Crippen LogP contribution in [0, 0.1) is 0 Å². The van der Waals surface area contributed by atoms with Gasteiger partial charge in [0.1, 0.15) is 22.7 Å². The van der Waals surface area contributed by atoms with Crippen molar-refractivity contribution in [1.82, 2.24) is 14.5 Å². The highest BCUT2D eigenvalue weighted by atomic mass is 16.3. The molecule has 0 fully saturated rings. The number of phenolic OH excluding ortho intramolecular Hbond substituents is 1. The lowest BCUT2D eigenvalue weighted by molar-refractivity contribution is 0.446. The Bertz CT molecular complexity index is 3620. The van der Waals surface area contributed by atoms with Crippen LogP contribution in [0.3, 0.4) is 0 Å². The molecule has 0 aliphatic carbocycles. The van der Waals surface area contributed by atoms with E-state index in [1.807, 2.05) is 18.3 Å². The van der Waals surface area contributed by atoms with Gasteiger partial charge >= 0.3 is 0 Å². The summed E-state index contributed by atoms with van der Waals surface area (Å²) in [6.45, 7) is 13.1. The normalized spacial score (nSPS) is 12.2. The molecule has 5 nitrogen and oxygen atoms in total. The van der Waals surface area contributed by atoms with Crippen LogP contribution in [0.5, 0.6) is 5.75 Å². The fraction of sp³-hybridized carbons (Fsp3) is 0.133. The molecule has 0 spiro atoms. The van der Waals surface area contributed by atoms with Gasteiger partial charge in [0.2, 0.25) is 0 Å². The number of phenols is 1. The second-order valence-electron chi connectivity index (χ2n) is 19.2. The fourth-order valence-corrected chi connectivity index (χ4v) is 9.38. The van der Waals surface area contributed by atoms with Gasteiger partial charge in [-0.05, 0) is 86.5 Å². The first kappa shape index (κ1) is 40.0. The maximum Gasteiger partial charge on any atom is 0.149 e. The third kappa shape index (κ3) is 6.95. The van der Waals surface area contributed by atoms with E-state index in [2.05, 4.69) is 210 Å². The molecule has 1 N–H and O–H groups in total. The van der Waals surface area contributed by atoms with Crippen molar-refractivity contribution < 1.29 is 9.52 Å². The quantitative estimate of drug-likeness (QED) is 0.181. The average Bonchev–Trinajstić information content (AvgIpc) is 3.90. The summed E-state index contributed by atoms with van der Waals surface area (Å²) in [7, 11) is 0. The van der Waals surface area contributed by atoms with Gasteiger partial charge in [-0.15, -0.1) is 0 Å². The van der Waals surface area contributed by atoms with E-state index in [-0.39, 0.29) is 16.6 Å². The van der Waals surface area contributed by atoms with Crippen LogP contribution in [0.15, 0.2) is 187 Å². The Kier molecular flexibility index (Phi) is 9.37. The molecule has 0 radical (unpaired) electrons. The molecule has 0 unspecified atom stereocenters. The summed E-state index contributed by atoms with van der Waals surface area (Å²) in [5.74, 6) is 0.920. The zero-order valence-corrected chi connectivity index (χ0v) is 37.5. The number of rotatable bonds is 6. The van der Waals surface area contributed by atoms with Gasteiger partial charge in [-0.25, -0.2) is 4.98 Å². The maximum absolute atomic E-state index is 12.5. The van der Waals surface area contributed by atoms with Crippen molar-refractivity contribution >= 4 is 43.7 Å². The molecule has 0 saturated carbocycles. The summed E-state index contributed by atoms with van der Waals surface area (Å²) in [6.07, 6.45) is 1.95. The van der Waals surface area contributed by atoms with Gasteiger partial charge in [-0.3, -0.25) is 9.55 Å². The van der Waals surface area contributed by atoms with Crippen molar-refractivity contribution in [3.05, 3.63) is 193 Å². The summed E-state index contributed by atoms with van der Waals surface area (Å²) >= 11 is 0. The van der Waals surface area contributed by atoms with Gasteiger partial charge in [0.05, 0.1) is 28.0 Å². The van der Waals surface area contributed by atoms with Crippen LogP contribution in [0.1, 0.15) is 52.7 Å². The first-order valence-electron chi connectivity index (χ1n) is 22.4. The molecule has 0 atom stereocenters. The van der Waals surface area contributed by atoms with Gasteiger partial charge in [0, 0.05) is 50.7 Å². The minimum Gasteiger partial charge on any atom is -0.507 e. The Labute approximate surface area is 379 Å². The Balaban J connectivity index is 1.18. The van der Waals surface area contributed by atoms with E-state index >= 15 is 0 Å². The van der Waals surface area contributed by atoms with E-state index in [9.17, 15) is 5.11 Å². The molecule has 316 valence electrons. The molecule has 65 heavy (non-hydrogen) atoms. The zero-order valence-electron chi connectivity index (χ0n) is 37.5. The van der Waals surface area contributed by atoms with E-state index in [0.29, 0.717) is 11.4 Å². The lowest BCUT2D eigenvalue weighted by atomic mass is 9.79. The van der Waals surface area contributed by atoms with Crippen molar-refractivity contribution in [2.75, 3.05) is 0 Å². The maximum atomic E-state index is 12.5. The second kappa shape index (κ2) is 15.2. The molecule has 8 aromatic carbocycles. The molecule has 0 amide bonds. The molecular weight excluding hydrogens is 795 g/mol. The van der Waals surface area contributed by atoms with Gasteiger partial charge in [-0.1, -0.05) is 169 Å². The van der Waals surface area contributed by atoms with E-state index in [0.717, 1.165) is 105 Å². The summed E-state index contributed by atoms with van der Waals surface area (Å²) in [6, 6.07) is 61.6. The Morgan fingerprint density at radius 3 is 1.95 bits per heavy atom. The first-order chi connectivity index (χ1) is 31.4. The third-order valence-electron chi connectivity index (χ3n) is 12.8. The number of fused-ring (bicyclic) bond motifs is 6. The van der Waals surface area contributed by atoms with Crippen molar-refractivity contribution in [3.8, 4) is 67.5 Å². The molecule has 11 rings (SSSR count). The number of benzene rings is 8. The standard InChI is InChI=1S/C60H49N3O2/c1-59(2,3)43-33-48(56(64)50(34-43)60(4,5)6)58-62-55-45(25-17-27-53(55)63(58)52-26-16-15-23-44(52)38-20-11-8-12-21-38)41-30-40(37-18-9-7-10-19-37)31-42(32-41)51-35-54-49(36-61-51)47-29-28-39-22-13-14-24-46(39)57(47)65-54/h7-36,64H,1-6H3. The van der Waals surface area contributed by atoms with Crippen molar-refractivity contribution in [2.45, 2.75) is 52.4 Å². The van der Waals surface area contributed by atoms with E-state index < -0.39 is 0 Å². The first-order valence-corrected chi connectivity index (χ1v) is 22.4. The van der Waals surface area contributed by atoms with Crippen LogP contribution in [0.4, 0.5) is 0 Å². The number of hydrogen-bond donors (Lipinski definition) is 1. The Hall–Kier alpha value is -7.76. The SMILES string of the molecule is CC(C)(C)c1cc(-c2nc3c(-c4cc(-c5ccccc5)cc(-c5cc6oc7c8ccccc8ccc7c6cn5)c4)cccc3n2-c2ccccc2-c2ccccc2)c(O)c(C(C)(C)C)c1. The van der Waals surface area contributed by atoms with E-state index in [1.165, 1.54) is 0 Å². The number of aromatic nitrogens is 3. The highest BCUT2D eigenvalue weighted by Gasteiger charge is 2.29. The molecule has 3 heterocycles. The molecule has 5 heteroatoms. The van der Waals surface area contributed by atoms with Crippen LogP contribution in [0.2, 0.25) is 0 Å². The van der Waals surface area contributed by atoms with E-state index in [4.69, 9.17) is 14.4 Å². The van der Waals surface area contributed by atoms with Gasteiger partial charge in [-0.2, -0.15) is 0 Å².